The van der Waals surface area contributed by atoms with Crippen LogP contribution in [0.15, 0.2) is 4.60 Å². The highest BCUT2D eigenvalue weighted by molar-refractivity contribution is 9.10. The van der Waals surface area contributed by atoms with E-state index in [4.69, 9.17) is 0 Å². The Morgan fingerprint density at radius 2 is 2.45 bits per heavy atom. The molecule has 0 bridgehead atoms. The molecule has 1 aromatic rings. The molecule has 0 unspecified atom stereocenters. The molecular weight excluding hydrogens is 204 g/mol. The third-order valence-electron chi connectivity index (χ3n) is 2.11. The summed E-state index contributed by atoms with van der Waals surface area (Å²) in [6.07, 6.45) is 5.72. The van der Waals surface area contributed by atoms with Crippen molar-refractivity contribution in [1.29, 1.82) is 0 Å². The molecular formula is C8H10BrN2. The number of hydrogen-bond donors (Lipinski definition) is 0. The van der Waals surface area contributed by atoms with Gasteiger partial charge in [0, 0.05) is 12.2 Å². The van der Waals surface area contributed by atoms with Gasteiger partial charge in [-0.05, 0) is 41.6 Å². The van der Waals surface area contributed by atoms with Gasteiger partial charge in [-0.15, -0.1) is 0 Å². The first kappa shape index (κ1) is 7.35. The van der Waals surface area contributed by atoms with Gasteiger partial charge in [0.1, 0.15) is 4.60 Å². The molecule has 1 aliphatic carbocycles. The SMILES string of the molecule is Cc1c(Br)n[c]n1CC1CC1. The van der Waals surface area contributed by atoms with Crippen molar-refractivity contribution < 1.29 is 0 Å². The van der Waals surface area contributed by atoms with Gasteiger partial charge >= 0.3 is 0 Å². The molecule has 11 heavy (non-hydrogen) atoms. The summed E-state index contributed by atoms with van der Waals surface area (Å²) < 4.78 is 3.03. The molecule has 0 saturated heterocycles. The molecule has 0 atom stereocenters. The van der Waals surface area contributed by atoms with Gasteiger partial charge in [0.2, 0.25) is 0 Å². The molecule has 2 rings (SSSR count). The highest BCUT2D eigenvalue weighted by atomic mass is 79.9. The maximum atomic E-state index is 4.05. The molecule has 1 aromatic heterocycles. The van der Waals surface area contributed by atoms with E-state index < -0.39 is 0 Å². The van der Waals surface area contributed by atoms with E-state index >= 15 is 0 Å². The minimum absolute atomic E-state index is 0.894. The Labute approximate surface area is 74.8 Å². The average Bonchev–Trinajstić information content (AvgIpc) is 2.74. The van der Waals surface area contributed by atoms with Crippen LogP contribution in [0.4, 0.5) is 0 Å². The summed E-state index contributed by atoms with van der Waals surface area (Å²) in [6.45, 7) is 3.17. The van der Waals surface area contributed by atoms with Crippen LogP contribution in [0.3, 0.4) is 0 Å². The van der Waals surface area contributed by atoms with Gasteiger partial charge in [-0.1, -0.05) is 0 Å². The summed E-state index contributed by atoms with van der Waals surface area (Å²) >= 11 is 3.36. The average molecular weight is 214 g/mol. The highest BCUT2D eigenvalue weighted by Gasteiger charge is 2.22. The number of halogens is 1. The topological polar surface area (TPSA) is 17.8 Å². The fourth-order valence-corrected chi connectivity index (χ4v) is 1.40. The second kappa shape index (κ2) is 2.63. The molecule has 1 saturated carbocycles. The minimum atomic E-state index is 0.894. The molecule has 0 spiro atoms. The fraction of sp³-hybridized carbons (Fsp3) is 0.625. The molecule has 1 aliphatic rings. The van der Waals surface area contributed by atoms with Crippen molar-refractivity contribution in [3.63, 3.8) is 0 Å². The van der Waals surface area contributed by atoms with Crippen LogP contribution < -0.4 is 0 Å². The van der Waals surface area contributed by atoms with E-state index in [9.17, 15) is 0 Å². The Hall–Kier alpha value is -0.310. The molecule has 59 valence electrons. The third-order valence-corrected chi connectivity index (χ3v) is 2.86. The van der Waals surface area contributed by atoms with E-state index in [1.165, 1.54) is 18.5 Å². The van der Waals surface area contributed by atoms with Crippen LogP contribution in [-0.4, -0.2) is 9.55 Å². The maximum absolute atomic E-state index is 4.05. The van der Waals surface area contributed by atoms with Crippen LogP contribution in [0.25, 0.3) is 0 Å². The van der Waals surface area contributed by atoms with E-state index in [0.717, 1.165) is 17.1 Å². The lowest BCUT2D eigenvalue weighted by molar-refractivity contribution is 0.609. The van der Waals surface area contributed by atoms with Gasteiger partial charge in [0.25, 0.3) is 0 Å². The lowest BCUT2D eigenvalue weighted by Gasteiger charge is -2.00. The smallest absolute Gasteiger partial charge is 0.177 e. The molecule has 1 heterocycles. The van der Waals surface area contributed by atoms with E-state index in [0.29, 0.717) is 0 Å². The van der Waals surface area contributed by atoms with Crippen LogP contribution in [0.1, 0.15) is 18.5 Å². The van der Waals surface area contributed by atoms with Gasteiger partial charge in [0.15, 0.2) is 6.33 Å². The molecule has 1 radical (unpaired) electrons. The van der Waals surface area contributed by atoms with Crippen LogP contribution >= 0.6 is 15.9 Å². The number of hydrogen-bond acceptors (Lipinski definition) is 1. The predicted molar refractivity (Wildman–Crippen MR) is 46.2 cm³/mol. The number of aromatic nitrogens is 2. The van der Waals surface area contributed by atoms with E-state index in [2.05, 4.69) is 38.7 Å². The highest BCUT2D eigenvalue weighted by Crippen LogP contribution is 2.31. The number of rotatable bonds is 2. The van der Waals surface area contributed by atoms with Crippen LogP contribution in [-0.2, 0) is 6.54 Å². The lowest BCUT2D eigenvalue weighted by atomic mass is 10.4. The molecule has 0 aromatic carbocycles. The van der Waals surface area contributed by atoms with E-state index in [1.807, 2.05) is 0 Å². The Morgan fingerprint density at radius 3 is 2.91 bits per heavy atom. The van der Waals surface area contributed by atoms with E-state index in [-0.39, 0.29) is 0 Å². The van der Waals surface area contributed by atoms with E-state index in [1.54, 1.807) is 0 Å². The van der Waals surface area contributed by atoms with Gasteiger partial charge in [-0.2, -0.15) is 0 Å². The largest absolute Gasteiger partial charge is 0.324 e. The molecule has 0 aliphatic heterocycles. The quantitative estimate of drug-likeness (QED) is 0.737. The van der Waals surface area contributed by atoms with Crippen molar-refractivity contribution in [3.8, 4) is 0 Å². The first-order valence-corrected chi connectivity index (χ1v) is 4.67. The summed E-state index contributed by atoms with van der Waals surface area (Å²) in [5.74, 6) is 0.894. The summed E-state index contributed by atoms with van der Waals surface area (Å²) in [5.41, 5.74) is 1.19. The Balaban J connectivity index is 2.15. The van der Waals surface area contributed by atoms with Crippen molar-refractivity contribution in [1.82, 2.24) is 9.55 Å². The monoisotopic (exact) mass is 213 g/mol. The summed E-state index contributed by atoms with van der Waals surface area (Å²) in [4.78, 5) is 4.05. The maximum Gasteiger partial charge on any atom is 0.177 e. The zero-order chi connectivity index (χ0) is 7.84. The van der Waals surface area contributed by atoms with Crippen molar-refractivity contribution >= 4 is 15.9 Å². The summed E-state index contributed by atoms with van der Waals surface area (Å²) in [5, 5.41) is 0. The number of imidazole rings is 1. The van der Waals surface area contributed by atoms with Crippen molar-refractivity contribution in [2.24, 2.45) is 5.92 Å². The van der Waals surface area contributed by atoms with Crippen molar-refractivity contribution in [2.75, 3.05) is 0 Å². The predicted octanol–water partition coefficient (Wildman–Crippen LogP) is 2.16. The first-order chi connectivity index (χ1) is 5.27. The van der Waals surface area contributed by atoms with Crippen molar-refractivity contribution in [2.45, 2.75) is 26.3 Å². The normalized spacial score (nSPS) is 17.3. The van der Waals surface area contributed by atoms with Crippen molar-refractivity contribution in [3.05, 3.63) is 16.6 Å². The summed E-state index contributed by atoms with van der Waals surface area (Å²) in [7, 11) is 0. The fourth-order valence-electron chi connectivity index (χ4n) is 1.11. The zero-order valence-electron chi connectivity index (χ0n) is 6.47. The first-order valence-electron chi connectivity index (χ1n) is 3.87. The lowest BCUT2D eigenvalue weighted by Crippen LogP contribution is -2.00. The van der Waals surface area contributed by atoms with Crippen LogP contribution in [0.5, 0.6) is 0 Å². The van der Waals surface area contributed by atoms with Gasteiger partial charge in [-0.3, -0.25) is 0 Å². The Bertz CT molecular complexity index is 263. The Kier molecular flexibility index (Phi) is 1.75. The standard InChI is InChI=1S/C8H10BrN2/c1-6-8(9)10-5-11(6)4-7-2-3-7/h7H,2-4H2,1H3. The molecule has 2 nitrogen and oxygen atoms in total. The third kappa shape index (κ3) is 1.48. The molecule has 1 fully saturated rings. The molecule has 0 amide bonds. The molecule has 3 heteroatoms. The second-order valence-electron chi connectivity index (χ2n) is 3.14. The minimum Gasteiger partial charge on any atom is -0.324 e. The zero-order valence-corrected chi connectivity index (χ0v) is 8.06. The van der Waals surface area contributed by atoms with Crippen LogP contribution in [0, 0.1) is 19.2 Å². The second-order valence-corrected chi connectivity index (χ2v) is 3.89. The Morgan fingerprint density at radius 1 is 1.73 bits per heavy atom. The van der Waals surface area contributed by atoms with Gasteiger partial charge < -0.3 is 4.57 Å². The van der Waals surface area contributed by atoms with Gasteiger partial charge in [-0.25, -0.2) is 4.98 Å². The molecule has 0 N–H and O–H groups in total. The van der Waals surface area contributed by atoms with Crippen LogP contribution in [0.2, 0.25) is 0 Å². The number of nitrogens with zero attached hydrogens (tertiary/aromatic N) is 2. The summed E-state index contributed by atoms with van der Waals surface area (Å²) in [6, 6.07) is 0. The van der Waals surface area contributed by atoms with Gasteiger partial charge in [0.05, 0.1) is 0 Å².